The van der Waals surface area contributed by atoms with Crippen molar-refractivity contribution < 1.29 is 0 Å². The summed E-state index contributed by atoms with van der Waals surface area (Å²) in [6.07, 6.45) is 8.25. The number of alkyl halides is 2. The Kier molecular flexibility index (Phi) is 4.89. The van der Waals surface area contributed by atoms with E-state index in [0.717, 1.165) is 5.92 Å². The molecule has 1 fully saturated rings. The van der Waals surface area contributed by atoms with E-state index < -0.39 is 0 Å². The van der Waals surface area contributed by atoms with Crippen LogP contribution in [0.5, 0.6) is 0 Å². The second-order valence-corrected chi connectivity index (χ2v) is 5.32. The molecule has 78 valence electrons. The molecule has 0 unspecified atom stereocenters. The lowest BCUT2D eigenvalue weighted by atomic mass is 9.77. The van der Waals surface area contributed by atoms with Crippen molar-refractivity contribution in [2.75, 3.05) is 11.8 Å². The summed E-state index contributed by atoms with van der Waals surface area (Å²) in [5.41, 5.74) is 0.172. The summed E-state index contributed by atoms with van der Waals surface area (Å²) < 4.78 is 0. The van der Waals surface area contributed by atoms with Crippen LogP contribution in [0.3, 0.4) is 0 Å². The Balaban J connectivity index is 2.35. The Hall–Kier alpha value is 0.580. The van der Waals surface area contributed by atoms with Crippen molar-refractivity contribution in [3.63, 3.8) is 0 Å². The fourth-order valence-corrected chi connectivity index (χ4v) is 2.74. The third-order valence-electron chi connectivity index (χ3n) is 3.15. The predicted octanol–water partition coefficient (Wildman–Crippen LogP) is 4.44. The predicted molar refractivity (Wildman–Crippen MR) is 60.7 cm³/mol. The molecule has 0 spiro atoms. The molecular weight excluding hydrogens is 203 g/mol. The minimum atomic E-state index is 0.172. The Bertz CT molecular complexity index is 135. The molecule has 0 amide bonds. The van der Waals surface area contributed by atoms with Crippen LogP contribution in [0.1, 0.15) is 45.4 Å². The van der Waals surface area contributed by atoms with E-state index in [9.17, 15) is 0 Å². The lowest BCUT2D eigenvalue weighted by Gasteiger charge is -2.31. The van der Waals surface area contributed by atoms with Gasteiger partial charge >= 0.3 is 0 Å². The highest BCUT2D eigenvalue weighted by Crippen LogP contribution is 2.36. The van der Waals surface area contributed by atoms with Crippen LogP contribution in [-0.4, -0.2) is 11.8 Å². The Morgan fingerprint density at radius 2 is 1.62 bits per heavy atom. The first-order chi connectivity index (χ1) is 6.20. The molecule has 0 saturated heterocycles. The van der Waals surface area contributed by atoms with Crippen LogP contribution in [0, 0.1) is 11.3 Å². The fraction of sp³-hybridized carbons (Fsp3) is 1.00. The highest BCUT2D eigenvalue weighted by molar-refractivity contribution is 6.21. The van der Waals surface area contributed by atoms with Crippen molar-refractivity contribution in [1.82, 2.24) is 0 Å². The normalized spacial score (nSPS) is 20.5. The molecule has 0 aliphatic heterocycles. The van der Waals surface area contributed by atoms with Crippen molar-refractivity contribution in [3.8, 4) is 0 Å². The minimum Gasteiger partial charge on any atom is -0.126 e. The second-order valence-electron chi connectivity index (χ2n) is 4.79. The molecule has 0 aromatic rings. The van der Waals surface area contributed by atoms with E-state index in [0.29, 0.717) is 11.8 Å². The average molecular weight is 223 g/mol. The van der Waals surface area contributed by atoms with Gasteiger partial charge in [0, 0.05) is 11.8 Å². The van der Waals surface area contributed by atoms with Gasteiger partial charge in [0.05, 0.1) is 0 Å². The standard InChI is InChI=1S/C11H20Cl2/c1-11(8-12,9-13)7-10-5-3-2-4-6-10/h10H,2-9H2,1H3. The highest BCUT2D eigenvalue weighted by atomic mass is 35.5. The summed E-state index contributed by atoms with van der Waals surface area (Å²) in [6, 6.07) is 0. The SMILES string of the molecule is CC(CCl)(CCl)CC1CCCCC1. The number of rotatable bonds is 4. The first-order valence-electron chi connectivity index (χ1n) is 5.32. The van der Waals surface area contributed by atoms with E-state index in [2.05, 4.69) is 6.92 Å². The van der Waals surface area contributed by atoms with E-state index in [-0.39, 0.29) is 5.41 Å². The highest BCUT2D eigenvalue weighted by Gasteiger charge is 2.27. The Morgan fingerprint density at radius 1 is 1.08 bits per heavy atom. The van der Waals surface area contributed by atoms with E-state index in [4.69, 9.17) is 23.2 Å². The topological polar surface area (TPSA) is 0 Å². The van der Waals surface area contributed by atoms with Crippen LogP contribution in [0.25, 0.3) is 0 Å². The van der Waals surface area contributed by atoms with Gasteiger partial charge in [0.15, 0.2) is 0 Å². The summed E-state index contributed by atoms with van der Waals surface area (Å²) in [7, 11) is 0. The molecule has 0 heterocycles. The van der Waals surface area contributed by atoms with Crippen LogP contribution in [0.4, 0.5) is 0 Å². The Morgan fingerprint density at radius 3 is 2.08 bits per heavy atom. The van der Waals surface area contributed by atoms with E-state index in [1.54, 1.807) is 0 Å². The lowest BCUT2D eigenvalue weighted by molar-refractivity contribution is 0.245. The lowest BCUT2D eigenvalue weighted by Crippen LogP contribution is -2.25. The molecule has 1 aliphatic carbocycles. The van der Waals surface area contributed by atoms with Gasteiger partial charge in [-0.1, -0.05) is 39.0 Å². The van der Waals surface area contributed by atoms with Gasteiger partial charge in [0.1, 0.15) is 0 Å². The molecule has 0 bridgehead atoms. The molecule has 1 rings (SSSR count). The summed E-state index contributed by atoms with van der Waals surface area (Å²) in [4.78, 5) is 0. The third kappa shape index (κ3) is 3.67. The van der Waals surface area contributed by atoms with Crippen molar-refractivity contribution in [2.45, 2.75) is 45.4 Å². The summed E-state index contributed by atoms with van der Waals surface area (Å²) in [6.45, 7) is 2.21. The number of halogens is 2. The van der Waals surface area contributed by atoms with Crippen LogP contribution < -0.4 is 0 Å². The molecule has 0 N–H and O–H groups in total. The molecule has 0 aromatic heterocycles. The molecule has 0 nitrogen and oxygen atoms in total. The molecule has 0 aromatic carbocycles. The van der Waals surface area contributed by atoms with Crippen LogP contribution in [0.2, 0.25) is 0 Å². The zero-order valence-corrected chi connectivity index (χ0v) is 10.0. The average Bonchev–Trinajstić information content (AvgIpc) is 2.19. The van der Waals surface area contributed by atoms with Crippen molar-refractivity contribution in [1.29, 1.82) is 0 Å². The van der Waals surface area contributed by atoms with Gasteiger partial charge in [-0.15, -0.1) is 23.2 Å². The van der Waals surface area contributed by atoms with Gasteiger partial charge in [-0.25, -0.2) is 0 Å². The second kappa shape index (κ2) is 5.46. The van der Waals surface area contributed by atoms with Crippen molar-refractivity contribution in [2.24, 2.45) is 11.3 Å². The number of hydrogen-bond donors (Lipinski definition) is 0. The first kappa shape index (κ1) is 11.7. The van der Waals surface area contributed by atoms with Gasteiger partial charge in [0.25, 0.3) is 0 Å². The smallest absolute Gasteiger partial charge is 0.0288 e. The van der Waals surface area contributed by atoms with Crippen LogP contribution in [0.15, 0.2) is 0 Å². The minimum absolute atomic E-state index is 0.172. The van der Waals surface area contributed by atoms with E-state index >= 15 is 0 Å². The molecular formula is C11H20Cl2. The van der Waals surface area contributed by atoms with Gasteiger partial charge in [-0.05, 0) is 17.8 Å². The zero-order valence-electron chi connectivity index (χ0n) is 8.49. The molecule has 1 aliphatic rings. The Labute approximate surface area is 92.0 Å². The molecule has 13 heavy (non-hydrogen) atoms. The summed E-state index contributed by atoms with van der Waals surface area (Å²) >= 11 is 11.9. The maximum absolute atomic E-state index is 5.94. The van der Waals surface area contributed by atoms with Crippen molar-refractivity contribution >= 4 is 23.2 Å². The van der Waals surface area contributed by atoms with Crippen molar-refractivity contribution in [3.05, 3.63) is 0 Å². The molecule has 0 atom stereocenters. The molecule has 2 heteroatoms. The molecule has 1 saturated carbocycles. The quantitative estimate of drug-likeness (QED) is 0.618. The van der Waals surface area contributed by atoms with Gasteiger partial charge in [-0.2, -0.15) is 0 Å². The van der Waals surface area contributed by atoms with Gasteiger partial charge in [0.2, 0.25) is 0 Å². The monoisotopic (exact) mass is 222 g/mol. The third-order valence-corrected chi connectivity index (χ3v) is 4.44. The maximum atomic E-state index is 5.94. The molecule has 0 radical (unpaired) electrons. The van der Waals surface area contributed by atoms with E-state index in [1.807, 2.05) is 0 Å². The summed E-state index contributed by atoms with van der Waals surface area (Å²) in [5.74, 6) is 2.29. The zero-order chi connectivity index (χ0) is 9.73. The van der Waals surface area contributed by atoms with Gasteiger partial charge in [-0.3, -0.25) is 0 Å². The largest absolute Gasteiger partial charge is 0.126 e. The fourth-order valence-electron chi connectivity index (χ4n) is 2.23. The maximum Gasteiger partial charge on any atom is 0.0288 e. The van der Waals surface area contributed by atoms with Crippen LogP contribution in [-0.2, 0) is 0 Å². The first-order valence-corrected chi connectivity index (χ1v) is 6.39. The number of hydrogen-bond acceptors (Lipinski definition) is 0. The van der Waals surface area contributed by atoms with Gasteiger partial charge < -0.3 is 0 Å². The summed E-state index contributed by atoms with van der Waals surface area (Å²) in [5, 5.41) is 0. The van der Waals surface area contributed by atoms with E-state index in [1.165, 1.54) is 38.5 Å². The van der Waals surface area contributed by atoms with Crippen LogP contribution >= 0.6 is 23.2 Å².